The van der Waals surface area contributed by atoms with Crippen LogP contribution in [0.2, 0.25) is 0 Å². The molecule has 0 heterocycles. The second-order valence-corrected chi connectivity index (χ2v) is 4.38. The van der Waals surface area contributed by atoms with Gasteiger partial charge in [-0.1, -0.05) is 49.2 Å². The molecule has 0 fully saturated rings. The Kier molecular flexibility index (Phi) is 6.59. The molecule has 0 radical (unpaired) electrons. The molecule has 0 aliphatic rings. The highest BCUT2D eigenvalue weighted by molar-refractivity contribution is 5.15. The molecule has 1 aromatic carbocycles. The van der Waals surface area contributed by atoms with Crippen LogP contribution in [0, 0.1) is 0 Å². The van der Waals surface area contributed by atoms with Gasteiger partial charge in [0.15, 0.2) is 0 Å². The van der Waals surface area contributed by atoms with Gasteiger partial charge in [0.2, 0.25) is 0 Å². The molecule has 0 aliphatic carbocycles. The highest BCUT2D eigenvalue weighted by Crippen LogP contribution is 2.09. The third-order valence-corrected chi connectivity index (χ3v) is 2.82. The number of benzene rings is 1. The molecule has 16 heavy (non-hydrogen) atoms. The van der Waals surface area contributed by atoms with Crippen molar-refractivity contribution in [1.29, 1.82) is 0 Å². The summed E-state index contributed by atoms with van der Waals surface area (Å²) in [7, 11) is 0. The predicted molar refractivity (Wildman–Crippen MR) is 71.4 cm³/mol. The van der Waals surface area contributed by atoms with Gasteiger partial charge in [-0.05, 0) is 31.2 Å². The summed E-state index contributed by atoms with van der Waals surface area (Å²) >= 11 is 0. The van der Waals surface area contributed by atoms with E-state index in [-0.39, 0.29) is 0 Å². The molecule has 1 unspecified atom stereocenters. The van der Waals surface area contributed by atoms with Crippen molar-refractivity contribution in [3.63, 3.8) is 0 Å². The highest BCUT2D eigenvalue weighted by Gasteiger charge is 2.03. The fourth-order valence-corrected chi connectivity index (χ4v) is 1.89. The number of allylic oxidation sites excluding steroid dienone is 1. The third kappa shape index (κ3) is 5.72. The Morgan fingerprint density at radius 2 is 1.88 bits per heavy atom. The Morgan fingerprint density at radius 1 is 1.12 bits per heavy atom. The minimum atomic E-state index is 0.311. The topological polar surface area (TPSA) is 26.0 Å². The molecule has 1 heteroatoms. The average molecular weight is 217 g/mol. The number of rotatable bonds is 8. The summed E-state index contributed by atoms with van der Waals surface area (Å²) in [6.07, 6.45) is 9.02. The van der Waals surface area contributed by atoms with Gasteiger partial charge in [-0.25, -0.2) is 0 Å². The fraction of sp³-hybridized carbons (Fsp3) is 0.467. The van der Waals surface area contributed by atoms with Crippen molar-refractivity contribution in [3.05, 3.63) is 48.6 Å². The van der Waals surface area contributed by atoms with Gasteiger partial charge in [0, 0.05) is 6.04 Å². The van der Waals surface area contributed by atoms with E-state index in [1.165, 1.54) is 24.8 Å². The van der Waals surface area contributed by atoms with Crippen LogP contribution in [0.5, 0.6) is 0 Å². The van der Waals surface area contributed by atoms with Crippen LogP contribution >= 0.6 is 0 Å². The molecule has 1 atom stereocenters. The summed E-state index contributed by atoms with van der Waals surface area (Å²) < 4.78 is 0. The summed E-state index contributed by atoms with van der Waals surface area (Å²) in [6.45, 7) is 3.72. The molecule has 0 spiro atoms. The monoisotopic (exact) mass is 217 g/mol. The molecule has 1 rings (SSSR count). The normalized spacial score (nSPS) is 12.3. The molecule has 0 bridgehead atoms. The van der Waals surface area contributed by atoms with Gasteiger partial charge in [0.05, 0.1) is 0 Å². The van der Waals surface area contributed by atoms with Crippen LogP contribution in [0.3, 0.4) is 0 Å². The van der Waals surface area contributed by atoms with Crippen LogP contribution < -0.4 is 5.73 Å². The first kappa shape index (κ1) is 13.0. The first-order valence-electron chi connectivity index (χ1n) is 6.23. The zero-order chi connectivity index (χ0) is 11.6. The van der Waals surface area contributed by atoms with Crippen LogP contribution in [0.4, 0.5) is 0 Å². The van der Waals surface area contributed by atoms with Crippen LogP contribution in [-0.4, -0.2) is 6.04 Å². The largest absolute Gasteiger partial charge is 0.327 e. The number of unbranched alkanes of at least 4 members (excludes halogenated alkanes) is 3. The summed E-state index contributed by atoms with van der Waals surface area (Å²) in [5, 5.41) is 0. The lowest BCUT2D eigenvalue weighted by molar-refractivity contribution is 0.551. The standard InChI is InChI=1S/C15H23N/c1-2-3-4-5-9-12-15(16)13-14-10-7-6-8-11-14/h2,6-8,10-11,15H,1,3-5,9,12-13,16H2. The SMILES string of the molecule is C=CCCCCCC(N)Cc1ccccc1. The lowest BCUT2D eigenvalue weighted by Crippen LogP contribution is -2.22. The number of hydrogen-bond donors (Lipinski definition) is 1. The van der Waals surface area contributed by atoms with E-state index in [4.69, 9.17) is 5.73 Å². The Labute approximate surface area is 99.4 Å². The molecule has 1 nitrogen and oxygen atoms in total. The molecular weight excluding hydrogens is 194 g/mol. The van der Waals surface area contributed by atoms with Gasteiger partial charge in [-0.15, -0.1) is 6.58 Å². The number of nitrogens with two attached hydrogens (primary N) is 1. The van der Waals surface area contributed by atoms with Gasteiger partial charge in [-0.2, -0.15) is 0 Å². The summed E-state index contributed by atoms with van der Waals surface area (Å²) in [5.41, 5.74) is 7.45. The van der Waals surface area contributed by atoms with Crippen molar-refractivity contribution in [2.75, 3.05) is 0 Å². The van der Waals surface area contributed by atoms with Crippen LogP contribution in [-0.2, 0) is 6.42 Å². The van der Waals surface area contributed by atoms with E-state index in [0.29, 0.717) is 6.04 Å². The minimum absolute atomic E-state index is 0.311. The molecule has 0 aromatic heterocycles. The maximum Gasteiger partial charge on any atom is 0.00793 e. The van der Waals surface area contributed by atoms with Gasteiger partial charge < -0.3 is 5.73 Å². The Morgan fingerprint density at radius 3 is 2.56 bits per heavy atom. The minimum Gasteiger partial charge on any atom is -0.327 e. The van der Waals surface area contributed by atoms with Crippen molar-refractivity contribution in [2.24, 2.45) is 5.73 Å². The van der Waals surface area contributed by atoms with Gasteiger partial charge in [0.1, 0.15) is 0 Å². The predicted octanol–water partition coefficient (Wildman–Crippen LogP) is 3.69. The van der Waals surface area contributed by atoms with E-state index in [1.807, 2.05) is 12.1 Å². The van der Waals surface area contributed by atoms with Crippen molar-refractivity contribution in [2.45, 2.75) is 44.6 Å². The maximum absolute atomic E-state index is 6.10. The van der Waals surface area contributed by atoms with Crippen molar-refractivity contribution in [3.8, 4) is 0 Å². The quantitative estimate of drug-likeness (QED) is 0.521. The molecule has 0 saturated heterocycles. The Bertz CT molecular complexity index is 279. The smallest absolute Gasteiger partial charge is 0.00793 e. The van der Waals surface area contributed by atoms with E-state index in [0.717, 1.165) is 19.3 Å². The lowest BCUT2D eigenvalue weighted by atomic mass is 10.0. The molecule has 0 amide bonds. The molecule has 0 saturated carbocycles. The third-order valence-electron chi connectivity index (χ3n) is 2.82. The Balaban J connectivity index is 2.11. The Hall–Kier alpha value is -1.08. The molecule has 2 N–H and O–H groups in total. The summed E-state index contributed by atoms with van der Waals surface area (Å²) in [5.74, 6) is 0. The molecule has 1 aromatic rings. The van der Waals surface area contributed by atoms with Gasteiger partial charge >= 0.3 is 0 Å². The van der Waals surface area contributed by atoms with Crippen molar-refractivity contribution < 1.29 is 0 Å². The highest BCUT2D eigenvalue weighted by atomic mass is 14.6. The van der Waals surface area contributed by atoms with Crippen LogP contribution in [0.25, 0.3) is 0 Å². The van der Waals surface area contributed by atoms with Crippen LogP contribution in [0.15, 0.2) is 43.0 Å². The second kappa shape index (κ2) is 8.12. The van der Waals surface area contributed by atoms with Crippen molar-refractivity contribution in [1.82, 2.24) is 0 Å². The first-order chi connectivity index (χ1) is 7.83. The van der Waals surface area contributed by atoms with E-state index in [2.05, 4.69) is 30.8 Å². The van der Waals surface area contributed by atoms with Crippen LogP contribution in [0.1, 0.15) is 37.7 Å². The van der Waals surface area contributed by atoms with E-state index in [9.17, 15) is 0 Å². The van der Waals surface area contributed by atoms with Gasteiger partial charge in [-0.3, -0.25) is 0 Å². The number of hydrogen-bond acceptors (Lipinski definition) is 1. The van der Waals surface area contributed by atoms with E-state index < -0.39 is 0 Å². The zero-order valence-corrected chi connectivity index (χ0v) is 10.1. The average Bonchev–Trinajstić information content (AvgIpc) is 2.30. The molecular formula is C15H23N. The molecule has 88 valence electrons. The lowest BCUT2D eigenvalue weighted by Gasteiger charge is -2.11. The zero-order valence-electron chi connectivity index (χ0n) is 10.1. The summed E-state index contributed by atoms with van der Waals surface area (Å²) in [6, 6.07) is 10.8. The summed E-state index contributed by atoms with van der Waals surface area (Å²) in [4.78, 5) is 0. The van der Waals surface area contributed by atoms with Gasteiger partial charge in [0.25, 0.3) is 0 Å². The fourth-order valence-electron chi connectivity index (χ4n) is 1.89. The first-order valence-corrected chi connectivity index (χ1v) is 6.23. The van der Waals surface area contributed by atoms with Crippen molar-refractivity contribution >= 4 is 0 Å². The maximum atomic E-state index is 6.10. The molecule has 0 aliphatic heterocycles. The second-order valence-electron chi connectivity index (χ2n) is 4.38. The van der Waals surface area contributed by atoms with E-state index in [1.54, 1.807) is 0 Å². The van der Waals surface area contributed by atoms with E-state index >= 15 is 0 Å².